The first-order valence-corrected chi connectivity index (χ1v) is 11.6. The lowest BCUT2D eigenvalue weighted by Gasteiger charge is -2.30. The molecule has 1 saturated heterocycles. The van der Waals surface area contributed by atoms with E-state index in [1.54, 1.807) is 30.3 Å². The first-order chi connectivity index (χ1) is 12.8. The number of sulfonamides is 1. The van der Waals surface area contributed by atoms with Crippen LogP contribution in [0.25, 0.3) is 0 Å². The van der Waals surface area contributed by atoms with Gasteiger partial charge in [0.05, 0.1) is 22.5 Å². The molecule has 1 amide bonds. The van der Waals surface area contributed by atoms with Crippen LogP contribution in [-0.4, -0.2) is 38.8 Å². The number of thiophene rings is 1. The lowest BCUT2D eigenvalue weighted by atomic mass is 9.98. The van der Waals surface area contributed by atoms with Gasteiger partial charge in [0.15, 0.2) is 0 Å². The minimum Gasteiger partial charge on any atom is -0.495 e. The largest absolute Gasteiger partial charge is 0.495 e. The monoisotopic (exact) mass is 492 g/mol. The predicted octanol–water partition coefficient (Wildman–Crippen LogP) is 4.21. The molecule has 1 aromatic heterocycles. The van der Waals surface area contributed by atoms with Gasteiger partial charge in [0.1, 0.15) is 9.96 Å². The highest BCUT2D eigenvalue weighted by Gasteiger charge is 2.34. The Morgan fingerprint density at radius 2 is 2.15 bits per heavy atom. The number of hydrogen-bond donors (Lipinski definition) is 1. The zero-order valence-corrected chi connectivity index (χ0v) is 18.4. The van der Waals surface area contributed by atoms with Gasteiger partial charge in [-0.15, -0.1) is 11.3 Å². The average molecular weight is 494 g/mol. The van der Waals surface area contributed by atoms with Gasteiger partial charge >= 0.3 is 0 Å². The minimum absolute atomic E-state index is 0.145. The summed E-state index contributed by atoms with van der Waals surface area (Å²) in [5.41, 5.74) is 0.470. The SMILES string of the molecule is COc1ccc(Cl)cc1NC(=O)[C@H]1CCCN(S(=O)(=O)c2ccc(Br)s2)C1. The van der Waals surface area contributed by atoms with Gasteiger partial charge in [-0.2, -0.15) is 4.31 Å². The summed E-state index contributed by atoms with van der Waals surface area (Å²) in [6, 6.07) is 8.23. The number of piperidine rings is 1. The number of methoxy groups -OCH3 is 1. The maximum Gasteiger partial charge on any atom is 0.252 e. The fraction of sp³-hybridized carbons (Fsp3) is 0.353. The van der Waals surface area contributed by atoms with Crippen molar-refractivity contribution in [3.63, 3.8) is 0 Å². The third-order valence-corrected chi connectivity index (χ3v) is 8.51. The topological polar surface area (TPSA) is 75.7 Å². The van der Waals surface area contributed by atoms with Crippen LogP contribution in [-0.2, 0) is 14.8 Å². The molecule has 1 aromatic carbocycles. The van der Waals surface area contributed by atoms with E-state index in [2.05, 4.69) is 21.2 Å². The number of halogens is 2. The lowest BCUT2D eigenvalue weighted by molar-refractivity contribution is -0.120. The Bertz CT molecular complexity index is 948. The number of amides is 1. The van der Waals surface area contributed by atoms with Gasteiger partial charge in [0.2, 0.25) is 5.91 Å². The smallest absolute Gasteiger partial charge is 0.252 e. The quantitative estimate of drug-likeness (QED) is 0.677. The Labute approximate surface area is 175 Å². The van der Waals surface area contributed by atoms with Crippen LogP contribution in [0.3, 0.4) is 0 Å². The van der Waals surface area contributed by atoms with Crippen molar-refractivity contribution in [3.8, 4) is 5.75 Å². The van der Waals surface area contributed by atoms with Gasteiger partial charge in [-0.1, -0.05) is 11.6 Å². The summed E-state index contributed by atoms with van der Waals surface area (Å²) in [4.78, 5) is 12.7. The molecule has 0 saturated carbocycles. The van der Waals surface area contributed by atoms with Crippen LogP contribution < -0.4 is 10.1 Å². The highest BCUT2D eigenvalue weighted by atomic mass is 79.9. The average Bonchev–Trinajstić information content (AvgIpc) is 3.09. The van der Waals surface area contributed by atoms with Crippen molar-refractivity contribution in [2.45, 2.75) is 17.1 Å². The maximum absolute atomic E-state index is 12.8. The van der Waals surface area contributed by atoms with Crippen LogP contribution in [0.5, 0.6) is 5.75 Å². The molecule has 27 heavy (non-hydrogen) atoms. The lowest BCUT2D eigenvalue weighted by Crippen LogP contribution is -2.43. The second-order valence-corrected chi connectivity index (χ2v) is 11.2. The molecule has 10 heteroatoms. The number of carbonyl (C=O) groups is 1. The predicted molar refractivity (Wildman–Crippen MR) is 110 cm³/mol. The van der Waals surface area contributed by atoms with Crippen LogP contribution in [0.1, 0.15) is 12.8 Å². The molecule has 3 rings (SSSR count). The van der Waals surface area contributed by atoms with Gasteiger partial charge in [-0.3, -0.25) is 4.79 Å². The first kappa shape index (κ1) is 20.6. The minimum atomic E-state index is -3.60. The molecule has 2 aromatic rings. The van der Waals surface area contributed by atoms with Crippen molar-refractivity contribution in [3.05, 3.63) is 39.1 Å². The van der Waals surface area contributed by atoms with Gasteiger partial charge < -0.3 is 10.1 Å². The summed E-state index contributed by atoms with van der Waals surface area (Å²) in [6.07, 6.45) is 1.24. The molecule has 0 bridgehead atoms. The Morgan fingerprint density at radius 3 is 2.81 bits per heavy atom. The Hall–Kier alpha value is -1.13. The zero-order chi connectivity index (χ0) is 19.6. The van der Waals surface area contributed by atoms with E-state index in [9.17, 15) is 13.2 Å². The highest BCUT2D eigenvalue weighted by molar-refractivity contribution is 9.11. The van der Waals surface area contributed by atoms with Gasteiger partial charge in [0, 0.05) is 18.1 Å². The Morgan fingerprint density at radius 1 is 1.37 bits per heavy atom. The van der Waals surface area contributed by atoms with Crippen molar-refractivity contribution in [1.82, 2.24) is 4.31 Å². The van der Waals surface area contributed by atoms with Crippen molar-refractivity contribution >= 4 is 60.5 Å². The fourth-order valence-corrected chi connectivity index (χ4v) is 6.81. The van der Waals surface area contributed by atoms with Crippen molar-refractivity contribution in [2.75, 3.05) is 25.5 Å². The summed E-state index contributed by atoms with van der Waals surface area (Å²) in [5, 5.41) is 3.29. The van der Waals surface area contributed by atoms with E-state index in [1.807, 2.05) is 0 Å². The summed E-state index contributed by atoms with van der Waals surface area (Å²) in [7, 11) is -2.10. The third-order valence-electron chi connectivity index (χ3n) is 4.32. The van der Waals surface area contributed by atoms with E-state index in [4.69, 9.17) is 16.3 Å². The number of hydrogen-bond acceptors (Lipinski definition) is 5. The number of rotatable bonds is 5. The van der Waals surface area contributed by atoms with E-state index in [0.717, 1.165) is 15.1 Å². The number of nitrogens with zero attached hydrogens (tertiary/aromatic N) is 1. The number of benzene rings is 1. The summed E-state index contributed by atoms with van der Waals surface area (Å²) < 4.78 is 33.3. The van der Waals surface area contributed by atoms with Crippen LogP contribution in [0, 0.1) is 5.92 Å². The number of carbonyl (C=O) groups excluding carboxylic acids is 1. The third kappa shape index (κ3) is 4.65. The molecule has 1 aliphatic rings. The molecule has 1 aliphatic heterocycles. The molecule has 0 spiro atoms. The molecule has 0 unspecified atom stereocenters. The van der Waals surface area contributed by atoms with Crippen LogP contribution >= 0.6 is 38.9 Å². The molecule has 1 fully saturated rings. The molecule has 1 atom stereocenters. The molecule has 1 N–H and O–H groups in total. The van der Waals surface area contributed by atoms with E-state index < -0.39 is 15.9 Å². The zero-order valence-electron chi connectivity index (χ0n) is 14.4. The molecule has 146 valence electrons. The van der Waals surface area contributed by atoms with Crippen molar-refractivity contribution in [2.24, 2.45) is 5.92 Å². The van der Waals surface area contributed by atoms with E-state index in [0.29, 0.717) is 35.8 Å². The van der Waals surface area contributed by atoms with E-state index in [1.165, 1.54) is 11.4 Å². The molecular formula is C17H18BrClN2O4S2. The van der Waals surface area contributed by atoms with E-state index in [-0.39, 0.29) is 16.7 Å². The second kappa shape index (κ2) is 8.48. The van der Waals surface area contributed by atoms with E-state index >= 15 is 0 Å². The number of nitrogens with one attached hydrogen (secondary N) is 1. The second-order valence-electron chi connectivity index (χ2n) is 6.09. The fourth-order valence-electron chi connectivity index (χ4n) is 2.95. The summed E-state index contributed by atoms with van der Waals surface area (Å²) in [5.74, 6) is -0.195. The van der Waals surface area contributed by atoms with Gasteiger partial charge in [-0.05, 0) is 59.1 Å². The van der Waals surface area contributed by atoms with Gasteiger partial charge in [0.25, 0.3) is 10.0 Å². The Balaban J connectivity index is 1.74. The highest BCUT2D eigenvalue weighted by Crippen LogP contribution is 2.32. The number of ether oxygens (including phenoxy) is 1. The molecule has 6 nitrogen and oxygen atoms in total. The summed E-state index contributed by atoms with van der Waals surface area (Å²) in [6.45, 7) is 0.550. The first-order valence-electron chi connectivity index (χ1n) is 8.21. The van der Waals surface area contributed by atoms with Crippen molar-refractivity contribution in [1.29, 1.82) is 0 Å². The van der Waals surface area contributed by atoms with Crippen LogP contribution in [0.2, 0.25) is 5.02 Å². The standard InChI is InChI=1S/C17H18BrClN2O4S2/c1-25-14-5-4-12(19)9-13(14)20-17(22)11-3-2-8-21(10-11)27(23,24)16-7-6-15(18)26-16/h4-7,9,11H,2-3,8,10H2,1H3,(H,20,22)/t11-/m0/s1. The Kier molecular flexibility index (Phi) is 6.47. The summed E-state index contributed by atoms with van der Waals surface area (Å²) >= 11 is 10.5. The molecule has 2 heterocycles. The van der Waals surface area contributed by atoms with Gasteiger partial charge in [-0.25, -0.2) is 8.42 Å². The molecular weight excluding hydrogens is 476 g/mol. The van der Waals surface area contributed by atoms with Crippen LogP contribution in [0.4, 0.5) is 5.69 Å². The van der Waals surface area contributed by atoms with Crippen LogP contribution in [0.15, 0.2) is 38.3 Å². The normalized spacial score (nSPS) is 18.3. The van der Waals surface area contributed by atoms with Crippen molar-refractivity contribution < 1.29 is 17.9 Å². The maximum atomic E-state index is 12.8. The molecule has 0 radical (unpaired) electrons. The molecule has 0 aliphatic carbocycles. The number of anilines is 1.